The summed E-state index contributed by atoms with van der Waals surface area (Å²) in [5.41, 5.74) is 5.37. The van der Waals surface area contributed by atoms with Gasteiger partial charge in [0.2, 0.25) is 5.91 Å². The summed E-state index contributed by atoms with van der Waals surface area (Å²) in [5.74, 6) is -0.536. The van der Waals surface area contributed by atoms with Gasteiger partial charge in [-0.15, -0.1) is 0 Å². The van der Waals surface area contributed by atoms with E-state index in [1.165, 1.54) is 0 Å². The van der Waals surface area contributed by atoms with Gasteiger partial charge in [0.1, 0.15) is 0 Å². The van der Waals surface area contributed by atoms with Crippen molar-refractivity contribution in [1.82, 2.24) is 14.9 Å². The van der Waals surface area contributed by atoms with Crippen LogP contribution in [-0.2, 0) is 16.1 Å². The second-order valence-electron chi connectivity index (χ2n) is 5.53. The number of primary amides is 1. The molecule has 8 nitrogen and oxygen atoms in total. The number of fused-ring (bicyclic) bond motifs is 1. The lowest BCUT2D eigenvalue weighted by atomic mass is 10.2. The topological polar surface area (TPSA) is 116 Å². The number of hydrogen-bond acceptors (Lipinski definition) is 6. The number of nitrogens with one attached hydrogen (secondary N) is 1. The van der Waals surface area contributed by atoms with Crippen LogP contribution in [0.2, 0.25) is 0 Å². The Hall–Kier alpha value is -2.39. The third-order valence-electron chi connectivity index (χ3n) is 3.60. The Kier molecular flexibility index (Phi) is 7.16. The van der Waals surface area contributed by atoms with Crippen molar-refractivity contribution in [3.63, 3.8) is 0 Å². The molecule has 2 aromatic rings. The maximum absolute atomic E-state index is 12.8. The van der Waals surface area contributed by atoms with Crippen LogP contribution in [-0.4, -0.2) is 40.0 Å². The normalized spacial score (nSPS) is 12.1. The van der Waals surface area contributed by atoms with Gasteiger partial charge in [-0.1, -0.05) is 23.9 Å². The molecule has 26 heavy (non-hydrogen) atoms. The van der Waals surface area contributed by atoms with Crippen LogP contribution in [0.3, 0.4) is 0 Å². The van der Waals surface area contributed by atoms with Crippen molar-refractivity contribution in [1.29, 1.82) is 0 Å². The van der Waals surface area contributed by atoms with Crippen molar-refractivity contribution in [3.05, 3.63) is 34.6 Å². The summed E-state index contributed by atoms with van der Waals surface area (Å²) < 4.78 is 6.87. The first-order chi connectivity index (χ1) is 12.4. The molecule has 1 aromatic heterocycles. The summed E-state index contributed by atoms with van der Waals surface area (Å²) >= 11 is 1.10. The first-order valence-electron chi connectivity index (χ1n) is 8.28. The smallest absolute Gasteiger partial charge is 0.318 e. The molecule has 2 rings (SSSR count). The average molecular weight is 378 g/mol. The molecule has 0 aliphatic carbocycles. The lowest BCUT2D eigenvalue weighted by molar-refractivity contribution is -0.119. The molecule has 0 aliphatic rings. The molecule has 9 heteroatoms. The lowest BCUT2D eigenvalue weighted by Crippen LogP contribution is -2.39. The van der Waals surface area contributed by atoms with Crippen molar-refractivity contribution in [2.45, 2.75) is 37.2 Å². The van der Waals surface area contributed by atoms with Crippen LogP contribution in [0.15, 0.2) is 34.2 Å². The van der Waals surface area contributed by atoms with Gasteiger partial charge in [-0.05, 0) is 32.4 Å². The largest absolute Gasteiger partial charge is 0.382 e. The summed E-state index contributed by atoms with van der Waals surface area (Å²) in [7, 11) is 0. The van der Waals surface area contributed by atoms with Gasteiger partial charge in [0.25, 0.3) is 5.56 Å². The van der Waals surface area contributed by atoms with Gasteiger partial charge in [0.15, 0.2) is 5.16 Å². The van der Waals surface area contributed by atoms with Gasteiger partial charge in [0, 0.05) is 19.8 Å². The zero-order chi connectivity index (χ0) is 19.1. The van der Waals surface area contributed by atoms with Crippen molar-refractivity contribution in [2.75, 3.05) is 13.2 Å². The van der Waals surface area contributed by atoms with Crippen molar-refractivity contribution >= 4 is 34.6 Å². The molecule has 140 valence electrons. The summed E-state index contributed by atoms with van der Waals surface area (Å²) in [6.45, 7) is 5.08. The van der Waals surface area contributed by atoms with Crippen LogP contribution in [0.25, 0.3) is 10.9 Å². The molecule has 0 fully saturated rings. The Morgan fingerprint density at radius 1 is 1.38 bits per heavy atom. The zero-order valence-electron chi connectivity index (χ0n) is 14.7. The predicted octanol–water partition coefficient (Wildman–Crippen LogP) is 1.50. The number of rotatable bonds is 8. The number of ether oxygens (including phenoxy) is 1. The number of hydrogen-bond donors (Lipinski definition) is 2. The number of thioether (sulfide) groups is 1. The van der Waals surface area contributed by atoms with Crippen LogP contribution >= 0.6 is 11.8 Å². The number of nitrogens with two attached hydrogens (primary N) is 1. The molecular weight excluding hydrogens is 356 g/mol. The maximum atomic E-state index is 12.8. The first kappa shape index (κ1) is 19.9. The molecule has 0 radical (unpaired) electrons. The van der Waals surface area contributed by atoms with Gasteiger partial charge in [-0.2, -0.15) is 0 Å². The Balaban J connectivity index is 2.33. The van der Waals surface area contributed by atoms with E-state index in [1.54, 1.807) is 35.8 Å². The second-order valence-corrected chi connectivity index (χ2v) is 6.84. The number of benzene rings is 1. The van der Waals surface area contributed by atoms with Crippen LogP contribution in [0.4, 0.5) is 4.79 Å². The molecule has 1 heterocycles. The lowest BCUT2D eigenvalue weighted by Gasteiger charge is -2.15. The molecular formula is C17H22N4O4S. The maximum Gasteiger partial charge on any atom is 0.318 e. The minimum Gasteiger partial charge on any atom is -0.382 e. The number of carbonyl (C=O) groups excluding carboxylic acids is 2. The molecule has 0 spiro atoms. The molecule has 0 saturated carbocycles. The highest BCUT2D eigenvalue weighted by Gasteiger charge is 2.20. The Bertz CT molecular complexity index is 852. The molecule has 0 bridgehead atoms. The summed E-state index contributed by atoms with van der Waals surface area (Å²) in [6, 6.07) is 6.14. The van der Waals surface area contributed by atoms with E-state index in [0.29, 0.717) is 42.2 Å². The van der Waals surface area contributed by atoms with Crippen molar-refractivity contribution in [2.24, 2.45) is 5.73 Å². The molecule has 1 unspecified atom stereocenters. The van der Waals surface area contributed by atoms with E-state index in [9.17, 15) is 14.4 Å². The van der Waals surface area contributed by atoms with Gasteiger partial charge < -0.3 is 10.5 Å². The fourth-order valence-corrected chi connectivity index (χ4v) is 3.27. The van der Waals surface area contributed by atoms with Gasteiger partial charge in [-0.3, -0.25) is 19.5 Å². The van der Waals surface area contributed by atoms with E-state index in [-0.39, 0.29) is 5.56 Å². The number of imide groups is 1. The highest BCUT2D eigenvalue weighted by atomic mass is 32.2. The van der Waals surface area contributed by atoms with Crippen LogP contribution in [0.5, 0.6) is 0 Å². The fraction of sp³-hybridized carbons (Fsp3) is 0.412. The minimum absolute atomic E-state index is 0.169. The van der Waals surface area contributed by atoms with Crippen LogP contribution < -0.4 is 16.6 Å². The van der Waals surface area contributed by atoms with Crippen LogP contribution in [0.1, 0.15) is 20.3 Å². The van der Waals surface area contributed by atoms with Crippen LogP contribution in [0, 0.1) is 0 Å². The Labute approximate surface area is 155 Å². The van der Waals surface area contributed by atoms with E-state index in [1.807, 2.05) is 12.2 Å². The highest BCUT2D eigenvalue weighted by molar-refractivity contribution is 8.00. The zero-order valence-corrected chi connectivity index (χ0v) is 15.5. The monoisotopic (exact) mass is 378 g/mol. The van der Waals surface area contributed by atoms with Gasteiger partial charge in [-0.25, -0.2) is 9.78 Å². The average Bonchev–Trinajstić information content (AvgIpc) is 2.60. The predicted molar refractivity (Wildman–Crippen MR) is 100 cm³/mol. The van der Waals surface area contributed by atoms with E-state index < -0.39 is 17.2 Å². The summed E-state index contributed by atoms with van der Waals surface area (Å²) in [4.78, 5) is 40.2. The minimum atomic E-state index is -0.914. The van der Waals surface area contributed by atoms with Gasteiger partial charge in [0.05, 0.1) is 16.2 Å². The molecule has 3 amide bonds. The molecule has 1 atom stereocenters. The molecule has 3 N–H and O–H groups in total. The number of para-hydroxylation sites is 1. The number of nitrogens with zero attached hydrogens (tertiary/aromatic N) is 2. The molecule has 1 aromatic carbocycles. The van der Waals surface area contributed by atoms with Gasteiger partial charge >= 0.3 is 6.03 Å². The summed E-state index contributed by atoms with van der Waals surface area (Å²) in [5, 5.41) is 2.32. The van der Waals surface area contributed by atoms with E-state index >= 15 is 0 Å². The standard InChI is InChI=1S/C17H22N4O4S/c1-3-25-10-6-9-21-15(23)12-7-4-5-8-13(12)19-17(21)26-11(2)14(22)20-16(18)24/h4-5,7-8,11H,3,6,9-10H2,1-2H3,(H3,18,20,22,24). The number of urea groups is 1. The number of aromatic nitrogens is 2. The molecule has 0 saturated heterocycles. The van der Waals surface area contributed by atoms with E-state index in [4.69, 9.17) is 10.5 Å². The quantitative estimate of drug-likeness (QED) is 0.408. The summed E-state index contributed by atoms with van der Waals surface area (Å²) in [6.07, 6.45) is 0.642. The number of carbonyl (C=O) groups is 2. The van der Waals surface area contributed by atoms with E-state index in [0.717, 1.165) is 11.8 Å². The Morgan fingerprint density at radius 3 is 2.81 bits per heavy atom. The highest BCUT2D eigenvalue weighted by Crippen LogP contribution is 2.22. The molecule has 0 aliphatic heterocycles. The van der Waals surface area contributed by atoms with E-state index in [2.05, 4.69) is 4.98 Å². The SMILES string of the molecule is CCOCCCn1c(SC(C)C(=O)NC(N)=O)nc2ccccc2c1=O. The van der Waals surface area contributed by atoms with Crippen molar-refractivity contribution < 1.29 is 14.3 Å². The third kappa shape index (κ3) is 5.06. The first-order valence-corrected chi connectivity index (χ1v) is 9.16. The Morgan fingerprint density at radius 2 is 2.12 bits per heavy atom. The number of amides is 3. The fourth-order valence-electron chi connectivity index (χ4n) is 2.34. The van der Waals surface area contributed by atoms with Crippen molar-refractivity contribution in [3.8, 4) is 0 Å². The third-order valence-corrected chi connectivity index (χ3v) is 4.69. The second kappa shape index (κ2) is 9.35.